The maximum atomic E-state index is 13.7. The molecule has 0 aromatic heterocycles. The summed E-state index contributed by atoms with van der Waals surface area (Å²) in [5.41, 5.74) is -0.851. The molecule has 1 aliphatic rings. The average Bonchev–Trinajstić information content (AvgIpc) is 2.97. The van der Waals surface area contributed by atoms with Crippen molar-refractivity contribution in [3.63, 3.8) is 0 Å². The first kappa shape index (κ1) is 23.7. The maximum Gasteiger partial charge on any atom is 0.252 e. The lowest BCUT2D eigenvalue weighted by atomic mass is 10.00. The van der Waals surface area contributed by atoms with E-state index in [-0.39, 0.29) is 27.0 Å². The van der Waals surface area contributed by atoms with E-state index in [2.05, 4.69) is 0 Å². The number of carbonyl (C=O) groups is 2. The zero-order valence-electron chi connectivity index (χ0n) is 17.1. The smallest absolute Gasteiger partial charge is 0.252 e. The second kappa shape index (κ2) is 8.50. The number of nitrogens with zero attached hydrogens (tertiary/aromatic N) is 2. The van der Waals surface area contributed by atoms with Crippen LogP contribution in [0.2, 0.25) is 10.0 Å². The zero-order chi connectivity index (χ0) is 23.1. The Balaban J connectivity index is 2.12. The Morgan fingerprint density at radius 1 is 1.13 bits per heavy atom. The Morgan fingerprint density at radius 3 is 2.32 bits per heavy atom. The van der Waals surface area contributed by atoms with Crippen LogP contribution in [-0.4, -0.2) is 36.1 Å². The molecule has 0 spiro atoms. The van der Waals surface area contributed by atoms with Crippen molar-refractivity contribution in [3.05, 3.63) is 58.3 Å². The van der Waals surface area contributed by atoms with Crippen LogP contribution in [0.1, 0.15) is 33.6 Å². The number of imide groups is 1. The highest BCUT2D eigenvalue weighted by Gasteiger charge is 2.51. The van der Waals surface area contributed by atoms with Gasteiger partial charge in [-0.25, -0.2) is 17.7 Å². The Bertz CT molecular complexity index is 1140. The molecule has 31 heavy (non-hydrogen) atoms. The van der Waals surface area contributed by atoms with Gasteiger partial charge in [-0.1, -0.05) is 30.1 Å². The highest BCUT2D eigenvalue weighted by atomic mass is 35.5. The first-order valence-corrected chi connectivity index (χ1v) is 11.7. The van der Waals surface area contributed by atoms with Gasteiger partial charge in [0.2, 0.25) is 15.9 Å². The van der Waals surface area contributed by atoms with Gasteiger partial charge in [-0.05, 0) is 62.7 Å². The first-order chi connectivity index (χ1) is 14.4. The van der Waals surface area contributed by atoms with Crippen molar-refractivity contribution in [2.45, 2.75) is 50.1 Å². The molecule has 0 saturated carbocycles. The van der Waals surface area contributed by atoms with Crippen LogP contribution < -0.4 is 4.90 Å². The van der Waals surface area contributed by atoms with Gasteiger partial charge in [0.05, 0.1) is 17.1 Å². The second-order valence-corrected chi connectivity index (χ2v) is 10.4. The molecule has 0 bridgehead atoms. The van der Waals surface area contributed by atoms with Gasteiger partial charge in [-0.15, -0.1) is 0 Å². The number of amides is 2. The number of rotatable bonds is 6. The minimum absolute atomic E-state index is 0.0477. The topological polar surface area (TPSA) is 74.8 Å². The van der Waals surface area contributed by atoms with Gasteiger partial charge < -0.3 is 0 Å². The highest BCUT2D eigenvalue weighted by Crippen LogP contribution is 2.38. The molecule has 166 valence electrons. The van der Waals surface area contributed by atoms with Gasteiger partial charge in [0, 0.05) is 10.6 Å². The minimum Gasteiger partial charge on any atom is -0.274 e. The summed E-state index contributed by atoms with van der Waals surface area (Å²) in [6.07, 6.45) is 0.00991. The number of sulfonamides is 1. The number of halogens is 3. The summed E-state index contributed by atoms with van der Waals surface area (Å²) in [5, 5.41) is 0.118. The van der Waals surface area contributed by atoms with E-state index in [1.807, 2.05) is 0 Å². The van der Waals surface area contributed by atoms with Crippen molar-refractivity contribution in [2.75, 3.05) is 4.90 Å². The first-order valence-electron chi connectivity index (χ1n) is 9.52. The van der Waals surface area contributed by atoms with Gasteiger partial charge in [0.25, 0.3) is 5.91 Å². The van der Waals surface area contributed by atoms with E-state index in [0.29, 0.717) is 6.42 Å². The van der Waals surface area contributed by atoms with Crippen LogP contribution in [0.3, 0.4) is 0 Å². The normalized spacial score (nSPS) is 17.6. The number of carbonyl (C=O) groups excluding carboxylic acids is 2. The van der Waals surface area contributed by atoms with Crippen LogP contribution in [0.4, 0.5) is 10.1 Å². The van der Waals surface area contributed by atoms with E-state index in [1.54, 1.807) is 20.8 Å². The standard InChI is InChI=1S/C21H21Cl2FN2O4S/c1-4-21(2,3)26(31(29,30)18-11-13(22)5-10-16(18)23)17-12-19(27)25(20(17)28)15-8-6-14(24)7-9-15/h5-11,17H,4,12H2,1-3H3. The van der Waals surface area contributed by atoms with Crippen LogP contribution in [-0.2, 0) is 19.6 Å². The predicted octanol–water partition coefficient (Wildman–Crippen LogP) is 4.64. The van der Waals surface area contributed by atoms with Crippen LogP contribution in [0, 0.1) is 5.82 Å². The van der Waals surface area contributed by atoms with Crippen molar-refractivity contribution < 1.29 is 22.4 Å². The maximum absolute atomic E-state index is 13.7. The molecule has 3 rings (SSSR count). The van der Waals surface area contributed by atoms with E-state index < -0.39 is 39.2 Å². The molecular weight excluding hydrogens is 466 g/mol. The third-order valence-electron chi connectivity index (χ3n) is 5.38. The summed E-state index contributed by atoms with van der Waals surface area (Å²) >= 11 is 12.2. The van der Waals surface area contributed by atoms with Crippen LogP contribution >= 0.6 is 23.2 Å². The molecule has 0 aliphatic carbocycles. The fraction of sp³-hybridized carbons (Fsp3) is 0.333. The molecule has 0 N–H and O–H groups in total. The predicted molar refractivity (Wildman–Crippen MR) is 117 cm³/mol. The number of anilines is 1. The molecule has 1 heterocycles. The fourth-order valence-electron chi connectivity index (χ4n) is 3.51. The Morgan fingerprint density at radius 2 is 1.74 bits per heavy atom. The second-order valence-electron chi connectivity index (χ2n) is 7.81. The van der Waals surface area contributed by atoms with Crippen LogP contribution in [0.5, 0.6) is 0 Å². The Labute approximate surface area is 190 Å². The number of benzene rings is 2. The van der Waals surface area contributed by atoms with Crippen LogP contribution in [0.15, 0.2) is 47.4 Å². The molecule has 1 aliphatic heterocycles. The van der Waals surface area contributed by atoms with Crippen molar-refractivity contribution in [1.82, 2.24) is 4.31 Å². The summed E-state index contributed by atoms with van der Waals surface area (Å²) < 4.78 is 41.7. The fourth-order valence-corrected chi connectivity index (χ4v) is 6.24. The SMILES string of the molecule is CCC(C)(C)N(C1CC(=O)N(c2ccc(F)cc2)C1=O)S(=O)(=O)c1cc(Cl)ccc1Cl. The Kier molecular flexibility index (Phi) is 6.49. The highest BCUT2D eigenvalue weighted by molar-refractivity contribution is 7.89. The van der Waals surface area contributed by atoms with E-state index >= 15 is 0 Å². The van der Waals surface area contributed by atoms with Gasteiger partial charge in [0.1, 0.15) is 16.8 Å². The summed E-state index contributed by atoms with van der Waals surface area (Å²) in [7, 11) is -4.32. The van der Waals surface area contributed by atoms with E-state index in [9.17, 15) is 22.4 Å². The van der Waals surface area contributed by atoms with E-state index in [1.165, 1.54) is 30.3 Å². The van der Waals surface area contributed by atoms with Gasteiger partial charge in [-0.2, -0.15) is 4.31 Å². The molecule has 1 unspecified atom stereocenters. The summed E-state index contributed by atoms with van der Waals surface area (Å²) in [4.78, 5) is 26.6. The molecule has 10 heteroatoms. The van der Waals surface area contributed by atoms with Crippen molar-refractivity contribution in [2.24, 2.45) is 0 Å². The molecular formula is C21H21Cl2FN2O4S. The van der Waals surface area contributed by atoms with Crippen molar-refractivity contribution >= 4 is 50.7 Å². The molecule has 2 aromatic rings. The molecule has 0 radical (unpaired) electrons. The third-order valence-corrected chi connectivity index (χ3v) is 8.22. The van der Waals surface area contributed by atoms with Gasteiger partial charge in [-0.3, -0.25) is 9.59 Å². The van der Waals surface area contributed by atoms with E-state index in [4.69, 9.17) is 23.2 Å². The molecule has 1 atom stereocenters. The molecule has 1 saturated heterocycles. The average molecular weight is 487 g/mol. The molecule has 2 aromatic carbocycles. The zero-order valence-corrected chi connectivity index (χ0v) is 19.4. The van der Waals surface area contributed by atoms with Crippen molar-refractivity contribution in [1.29, 1.82) is 0 Å². The van der Waals surface area contributed by atoms with Crippen molar-refractivity contribution in [3.8, 4) is 0 Å². The lowest BCUT2D eigenvalue weighted by Gasteiger charge is -2.39. The molecule has 6 nitrogen and oxygen atoms in total. The van der Waals surface area contributed by atoms with E-state index in [0.717, 1.165) is 21.3 Å². The lowest BCUT2D eigenvalue weighted by molar-refractivity contribution is -0.122. The summed E-state index contributed by atoms with van der Waals surface area (Å²) in [6, 6.07) is 7.60. The summed E-state index contributed by atoms with van der Waals surface area (Å²) in [5.74, 6) is -1.81. The molecule has 2 amide bonds. The number of hydrogen-bond acceptors (Lipinski definition) is 4. The third kappa shape index (κ3) is 4.35. The monoisotopic (exact) mass is 486 g/mol. The number of hydrogen-bond donors (Lipinski definition) is 0. The molecule has 1 fully saturated rings. The lowest BCUT2D eigenvalue weighted by Crippen LogP contribution is -2.55. The minimum atomic E-state index is -4.32. The summed E-state index contributed by atoms with van der Waals surface area (Å²) in [6.45, 7) is 5.11. The Hall–Kier alpha value is -2.00. The van der Waals surface area contributed by atoms with Crippen LogP contribution in [0.25, 0.3) is 0 Å². The van der Waals surface area contributed by atoms with Gasteiger partial charge >= 0.3 is 0 Å². The van der Waals surface area contributed by atoms with Gasteiger partial charge in [0.15, 0.2) is 0 Å². The quantitative estimate of drug-likeness (QED) is 0.557. The largest absolute Gasteiger partial charge is 0.274 e.